The van der Waals surface area contributed by atoms with Crippen LogP contribution in [0.4, 0.5) is 0 Å². The number of hydrogen-bond donors (Lipinski definition) is 3. The summed E-state index contributed by atoms with van der Waals surface area (Å²) in [6.07, 6.45) is 0. The molecule has 8 heteroatoms. The van der Waals surface area contributed by atoms with Gasteiger partial charge >= 0.3 is 0 Å². The molecule has 0 atom stereocenters. The van der Waals surface area contributed by atoms with E-state index in [1.54, 1.807) is 18.2 Å². The quantitative estimate of drug-likeness (QED) is 0.434. The summed E-state index contributed by atoms with van der Waals surface area (Å²) in [6.45, 7) is 4.17. The van der Waals surface area contributed by atoms with Gasteiger partial charge in [0.2, 0.25) is 5.91 Å². The predicted octanol–water partition coefficient (Wildman–Crippen LogP) is 3.28. The van der Waals surface area contributed by atoms with Crippen molar-refractivity contribution in [1.82, 2.24) is 20.3 Å². The van der Waals surface area contributed by atoms with Crippen LogP contribution in [0.15, 0.2) is 60.7 Å². The molecule has 162 valence electrons. The van der Waals surface area contributed by atoms with Gasteiger partial charge in [0.1, 0.15) is 22.5 Å². The number of primary amides is 1. The Labute approximate surface area is 184 Å². The topological polar surface area (TPSA) is 123 Å². The van der Waals surface area contributed by atoms with Gasteiger partial charge in [-0.25, -0.2) is 0 Å². The molecule has 4 aromatic rings. The van der Waals surface area contributed by atoms with Crippen molar-refractivity contribution in [2.24, 2.45) is 5.73 Å². The summed E-state index contributed by atoms with van der Waals surface area (Å²) in [6, 6.07) is 17.3. The smallest absolute Gasteiger partial charge is 0.251 e. The van der Waals surface area contributed by atoms with Crippen LogP contribution in [-0.4, -0.2) is 31.9 Å². The van der Waals surface area contributed by atoms with Crippen molar-refractivity contribution in [2.75, 3.05) is 0 Å². The van der Waals surface area contributed by atoms with Gasteiger partial charge in [0.05, 0.1) is 0 Å². The summed E-state index contributed by atoms with van der Waals surface area (Å²) >= 11 is 0. The second-order valence-corrected chi connectivity index (χ2v) is 7.81. The molecule has 0 aliphatic heterocycles. The molecule has 0 bridgehead atoms. The molecule has 0 saturated carbocycles. The number of carbonyl (C=O) groups excluding carboxylic acids is 2. The molecule has 0 aliphatic carbocycles. The van der Waals surface area contributed by atoms with E-state index in [1.807, 2.05) is 50.2 Å². The molecule has 4 N–H and O–H groups in total. The van der Waals surface area contributed by atoms with Gasteiger partial charge in [-0.3, -0.25) is 9.59 Å². The van der Waals surface area contributed by atoms with Crippen molar-refractivity contribution in [2.45, 2.75) is 26.3 Å². The number of carbonyl (C=O) groups is 2. The summed E-state index contributed by atoms with van der Waals surface area (Å²) < 4.78 is 0. The lowest BCUT2D eigenvalue weighted by molar-refractivity contribution is 0.0950. The van der Waals surface area contributed by atoms with Gasteiger partial charge in [0.25, 0.3) is 5.91 Å². The fourth-order valence-electron chi connectivity index (χ4n) is 3.38. The number of benzene rings is 3. The average Bonchev–Trinajstić information content (AvgIpc) is 3.22. The van der Waals surface area contributed by atoms with Gasteiger partial charge in [-0.15, -0.1) is 15.0 Å². The van der Waals surface area contributed by atoms with Gasteiger partial charge in [-0.05, 0) is 53.9 Å². The number of phenolic OH excluding ortho intramolecular Hbond substituents is 1. The lowest BCUT2D eigenvalue weighted by atomic mass is 9.99. The van der Waals surface area contributed by atoms with Gasteiger partial charge in [-0.1, -0.05) is 32.0 Å². The van der Waals surface area contributed by atoms with E-state index in [2.05, 4.69) is 15.5 Å². The molecule has 32 heavy (non-hydrogen) atoms. The van der Waals surface area contributed by atoms with Crippen LogP contribution < -0.4 is 11.1 Å². The van der Waals surface area contributed by atoms with Crippen LogP contribution in [0.5, 0.6) is 5.75 Å². The van der Waals surface area contributed by atoms with Crippen molar-refractivity contribution in [1.29, 1.82) is 0 Å². The van der Waals surface area contributed by atoms with Gasteiger partial charge in [0.15, 0.2) is 0 Å². The SMILES string of the molecule is CC(C)c1cc(CNC(=O)c2cccc(C(N)=O)c2)c(O)c(-n2nc3ccccc3n2)c1. The maximum absolute atomic E-state index is 12.6. The Balaban J connectivity index is 1.66. The Kier molecular flexibility index (Phi) is 5.59. The maximum Gasteiger partial charge on any atom is 0.251 e. The molecule has 8 nitrogen and oxygen atoms in total. The predicted molar refractivity (Wildman–Crippen MR) is 121 cm³/mol. The third-order valence-electron chi connectivity index (χ3n) is 5.21. The zero-order chi connectivity index (χ0) is 22.8. The fraction of sp³-hybridized carbons (Fsp3) is 0.167. The Hall–Kier alpha value is -4.20. The Morgan fingerprint density at radius 2 is 1.66 bits per heavy atom. The van der Waals surface area contributed by atoms with Gasteiger partial charge in [-0.2, -0.15) is 0 Å². The molecule has 1 heterocycles. The van der Waals surface area contributed by atoms with Crippen LogP contribution in [0.25, 0.3) is 16.7 Å². The van der Waals surface area contributed by atoms with Gasteiger partial charge < -0.3 is 16.2 Å². The molecule has 3 aromatic carbocycles. The van der Waals surface area contributed by atoms with Crippen molar-refractivity contribution >= 4 is 22.8 Å². The van der Waals surface area contributed by atoms with Crippen LogP contribution in [0.2, 0.25) is 0 Å². The third kappa shape index (κ3) is 4.15. The lowest BCUT2D eigenvalue weighted by Crippen LogP contribution is -2.24. The van der Waals surface area contributed by atoms with Crippen molar-refractivity contribution in [3.63, 3.8) is 0 Å². The summed E-state index contributed by atoms with van der Waals surface area (Å²) in [5.74, 6) is -0.820. The van der Waals surface area contributed by atoms with Crippen LogP contribution in [0.3, 0.4) is 0 Å². The number of rotatable bonds is 6. The molecule has 0 radical (unpaired) electrons. The molecular formula is C24H23N5O3. The number of aromatic nitrogens is 3. The number of fused-ring (bicyclic) bond motifs is 1. The molecule has 4 rings (SSSR count). The number of amides is 2. The number of hydrogen-bond acceptors (Lipinski definition) is 5. The summed E-state index contributed by atoms with van der Waals surface area (Å²) in [7, 11) is 0. The number of phenols is 1. The standard InChI is InChI=1S/C24H23N5O3/c1-14(2)17-11-18(13-26-24(32)16-7-5-6-15(10-16)23(25)31)22(30)21(12-17)29-27-19-8-3-4-9-20(19)28-29/h3-12,14,30H,13H2,1-2H3,(H2,25,31)(H,26,32). The van der Waals surface area contributed by atoms with E-state index in [9.17, 15) is 14.7 Å². The van der Waals surface area contributed by atoms with E-state index >= 15 is 0 Å². The second-order valence-electron chi connectivity index (χ2n) is 7.81. The van der Waals surface area contributed by atoms with E-state index in [1.165, 1.54) is 10.9 Å². The summed E-state index contributed by atoms with van der Waals surface area (Å²) in [4.78, 5) is 25.4. The Bertz CT molecular complexity index is 1290. The zero-order valence-electron chi connectivity index (χ0n) is 17.7. The monoisotopic (exact) mass is 429 g/mol. The molecule has 1 aromatic heterocycles. The summed E-state index contributed by atoms with van der Waals surface area (Å²) in [5, 5.41) is 22.7. The van der Waals surface area contributed by atoms with Crippen LogP contribution in [0.1, 0.15) is 51.6 Å². The third-order valence-corrected chi connectivity index (χ3v) is 5.21. The number of nitrogens with zero attached hydrogens (tertiary/aromatic N) is 3. The second kappa shape index (κ2) is 8.50. The molecule has 0 fully saturated rings. The van der Waals surface area contributed by atoms with Crippen molar-refractivity contribution < 1.29 is 14.7 Å². The maximum atomic E-state index is 12.6. The highest BCUT2D eigenvalue weighted by molar-refractivity contribution is 5.99. The van der Waals surface area contributed by atoms with E-state index in [0.717, 1.165) is 5.56 Å². The van der Waals surface area contributed by atoms with Crippen molar-refractivity contribution in [3.8, 4) is 11.4 Å². The fourth-order valence-corrected chi connectivity index (χ4v) is 3.38. The van der Waals surface area contributed by atoms with E-state index < -0.39 is 5.91 Å². The zero-order valence-corrected chi connectivity index (χ0v) is 17.7. The molecule has 0 aliphatic rings. The highest BCUT2D eigenvalue weighted by Crippen LogP contribution is 2.31. The minimum Gasteiger partial charge on any atom is -0.505 e. The molecule has 0 spiro atoms. The highest BCUT2D eigenvalue weighted by atomic mass is 16.3. The number of nitrogens with two attached hydrogens (primary N) is 1. The largest absolute Gasteiger partial charge is 0.505 e. The Morgan fingerprint density at radius 3 is 2.28 bits per heavy atom. The molecular weight excluding hydrogens is 406 g/mol. The average molecular weight is 429 g/mol. The minimum absolute atomic E-state index is 0.0131. The van der Waals surface area contributed by atoms with Crippen LogP contribution in [-0.2, 0) is 6.54 Å². The first-order valence-corrected chi connectivity index (χ1v) is 10.2. The Morgan fingerprint density at radius 1 is 1.00 bits per heavy atom. The van der Waals surface area contributed by atoms with Crippen LogP contribution >= 0.6 is 0 Å². The molecule has 0 saturated heterocycles. The summed E-state index contributed by atoms with van der Waals surface area (Å²) in [5.41, 5.74) is 9.22. The van der Waals surface area contributed by atoms with Gasteiger partial charge in [0, 0.05) is 23.2 Å². The first-order chi connectivity index (χ1) is 15.3. The van der Waals surface area contributed by atoms with E-state index in [4.69, 9.17) is 5.73 Å². The first-order valence-electron chi connectivity index (χ1n) is 10.2. The van der Waals surface area contributed by atoms with Crippen molar-refractivity contribution in [3.05, 3.63) is 82.9 Å². The highest BCUT2D eigenvalue weighted by Gasteiger charge is 2.17. The number of aromatic hydroxyl groups is 1. The molecule has 2 amide bonds. The lowest BCUT2D eigenvalue weighted by Gasteiger charge is -2.15. The van der Waals surface area contributed by atoms with E-state index in [-0.39, 0.29) is 29.7 Å². The normalized spacial score (nSPS) is 11.1. The number of nitrogens with one attached hydrogen (secondary N) is 1. The molecule has 0 unspecified atom stereocenters. The van der Waals surface area contributed by atoms with E-state index in [0.29, 0.717) is 27.8 Å². The first kappa shape index (κ1) is 21.0. The minimum atomic E-state index is -0.606. The van der Waals surface area contributed by atoms with Crippen LogP contribution in [0, 0.1) is 0 Å².